The van der Waals surface area contributed by atoms with E-state index in [1.165, 1.54) is 16.3 Å². The Hall–Kier alpha value is -1.41. The fraction of sp³-hybridized carbons (Fsp3) is 0.357. The normalized spacial score (nSPS) is 13.3. The molecule has 1 unspecified atom stereocenters. The van der Waals surface area contributed by atoms with Gasteiger partial charge in [0.2, 0.25) is 0 Å². The second-order valence-corrected chi connectivity index (χ2v) is 4.65. The summed E-state index contributed by atoms with van der Waals surface area (Å²) in [6.45, 7) is 6.38. The van der Waals surface area contributed by atoms with Crippen LogP contribution in [-0.2, 0) is 0 Å². The van der Waals surface area contributed by atoms with Crippen molar-refractivity contribution in [2.45, 2.75) is 32.7 Å². The van der Waals surface area contributed by atoms with Crippen LogP contribution in [0.4, 0.5) is 0 Å². The number of benzene rings is 1. The molecule has 2 aromatic rings. The fourth-order valence-electron chi connectivity index (χ4n) is 1.96. The quantitative estimate of drug-likeness (QED) is 0.832. The minimum Gasteiger partial charge on any atom is -0.324 e. The zero-order valence-corrected chi connectivity index (χ0v) is 10.1. The summed E-state index contributed by atoms with van der Waals surface area (Å²) in [5.41, 5.74) is 8.34. The fourth-order valence-corrected chi connectivity index (χ4v) is 1.96. The summed E-state index contributed by atoms with van der Waals surface area (Å²) in [6, 6.07) is 6.48. The molecule has 2 N–H and O–H groups in total. The average Bonchev–Trinajstić information content (AvgIpc) is 2.27. The zero-order valence-electron chi connectivity index (χ0n) is 10.1. The molecule has 16 heavy (non-hydrogen) atoms. The van der Waals surface area contributed by atoms with Gasteiger partial charge < -0.3 is 5.73 Å². The van der Waals surface area contributed by atoms with E-state index in [9.17, 15) is 0 Å². The topological polar surface area (TPSA) is 38.9 Å². The highest BCUT2D eigenvalue weighted by atomic mass is 14.6. The molecule has 2 nitrogen and oxygen atoms in total. The average molecular weight is 214 g/mol. The van der Waals surface area contributed by atoms with Gasteiger partial charge in [-0.1, -0.05) is 26.0 Å². The van der Waals surface area contributed by atoms with Gasteiger partial charge in [-0.25, -0.2) is 0 Å². The Balaban J connectivity index is 2.64. The van der Waals surface area contributed by atoms with E-state index in [0.29, 0.717) is 5.92 Å². The molecule has 0 aliphatic heterocycles. The molecular formula is C14H18N2. The smallest absolute Gasteiger partial charge is 0.0346 e. The minimum atomic E-state index is 0.0760. The first-order chi connectivity index (χ1) is 7.59. The van der Waals surface area contributed by atoms with Crippen LogP contribution in [0.3, 0.4) is 0 Å². The van der Waals surface area contributed by atoms with Crippen molar-refractivity contribution >= 4 is 10.8 Å². The van der Waals surface area contributed by atoms with Gasteiger partial charge in [-0.2, -0.15) is 0 Å². The molecular weight excluding hydrogens is 196 g/mol. The molecule has 1 aromatic carbocycles. The van der Waals surface area contributed by atoms with Crippen molar-refractivity contribution in [1.29, 1.82) is 0 Å². The van der Waals surface area contributed by atoms with E-state index >= 15 is 0 Å². The number of rotatable bonds is 2. The molecule has 0 aliphatic carbocycles. The van der Waals surface area contributed by atoms with Gasteiger partial charge in [-0.15, -0.1) is 0 Å². The van der Waals surface area contributed by atoms with E-state index in [0.717, 1.165) is 5.56 Å². The van der Waals surface area contributed by atoms with Gasteiger partial charge in [-0.3, -0.25) is 4.98 Å². The van der Waals surface area contributed by atoms with Crippen LogP contribution in [-0.4, -0.2) is 4.98 Å². The number of hydrogen-bond donors (Lipinski definition) is 1. The first-order valence-electron chi connectivity index (χ1n) is 5.72. The van der Waals surface area contributed by atoms with Crippen LogP contribution in [0.25, 0.3) is 10.8 Å². The Morgan fingerprint density at radius 2 is 1.88 bits per heavy atom. The third kappa shape index (κ3) is 1.93. The van der Waals surface area contributed by atoms with E-state index in [2.05, 4.69) is 37.0 Å². The minimum absolute atomic E-state index is 0.0760. The van der Waals surface area contributed by atoms with Gasteiger partial charge in [0.05, 0.1) is 0 Å². The first kappa shape index (κ1) is 11.1. The van der Waals surface area contributed by atoms with Crippen molar-refractivity contribution < 1.29 is 0 Å². The number of nitrogens with zero attached hydrogens (tertiary/aromatic N) is 1. The van der Waals surface area contributed by atoms with Crippen LogP contribution in [0.15, 0.2) is 30.6 Å². The van der Waals surface area contributed by atoms with Gasteiger partial charge >= 0.3 is 0 Å². The van der Waals surface area contributed by atoms with Gasteiger partial charge in [0.1, 0.15) is 0 Å². The van der Waals surface area contributed by atoms with Crippen LogP contribution in [0, 0.1) is 0 Å². The molecule has 0 saturated heterocycles. The molecule has 0 radical (unpaired) electrons. The Labute approximate surface area is 96.5 Å². The maximum Gasteiger partial charge on any atom is 0.0346 e. The molecule has 0 aliphatic rings. The molecule has 1 aromatic heterocycles. The highest BCUT2D eigenvalue weighted by Crippen LogP contribution is 2.26. The van der Waals surface area contributed by atoms with Crippen molar-refractivity contribution in [3.05, 3.63) is 41.7 Å². The number of nitrogens with two attached hydrogens (primary N) is 1. The number of fused-ring (bicyclic) bond motifs is 1. The molecule has 0 fully saturated rings. The molecule has 0 amide bonds. The molecule has 84 valence electrons. The Kier molecular flexibility index (Phi) is 2.92. The Morgan fingerprint density at radius 1 is 1.12 bits per heavy atom. The second kappa shape index (κ2) is 4.22. The largest absolute Gasteiger partial charge is 0.324 e. The lowest BCUT2D eigenvalue weighted by atomic mass is 9.96. The lowest BCUT2D eigenvalue weighted by molar-refractivity contribution is 0.819. The van der Waals surface area contributed by atoms with Gasteiger partial charge in [0.15, 0.2) is 0 Å². The maximum absolute atomic E-state index is 5.88. The SMILES string of the molecule is CC(C)c1cncc2cc(C(C)N)ccc12. The van der Waals surface area contributed by atoms with Crippen LogP contribution < -0.4 is 5.73 Å². The zero-order chi connectivity index (χ0) is 11.7. The van der Waals surface area contributed by atoms with Gasteiger partial charge in [-0.05, 0) is 35.4 Å². The van der Waals surface area contributed by atoms with Crippen molar-refractivity contribution in [2.24, 2.45) is 5.73 Å². The highest BCUT2D eigenvalue weighted by molar-refractivity contribution is 5.85. The second-order valence-electron chi connectivity index (χ2n) is 4.65. The predicted octanol–water partition coefficient (Wildman–Crippen LogP) is 3.38. The summed E-state index contributed by atoms with van der Waals surface area (Å²) in [5.74, 6) is 0.498. The number of aromatic nitrogens is 1. The Bertz CT molecular complexity index is 501. The van der Waals surface area contributed by atoms with Crippen molar-refractivity contribution in [3.8, 4) is 0 Å². The van der Waals surface area contributed by atoms with Crippen molar-refractivity contribution in [1.82, 2.24) is 4.98 Å². The molecule has 0 bridgehead atoms. The highest BCUT2D eigenvalue weighted by Gasteiger charge is 2.07. The van der Waals surface area contributed by atoms with Crippen molar-refractivity contribution in [2.75, 3.05) is 0 Å². The monoisotopic (exact) mass is 214 g/mol. The summed E-state index contributed by atoms with van der Waals surface area (Å²) in [6.07, 6.45) is 3.87. The maximum atomic E-state index is 5.88. The third-order valence-electron chi connectivity index (χ3n) is 2.96. The first-order valence-corrected chi connectivity index (χ1v) is 5.72. The van der Waals surface area contributed by atoms with Gasteiger partial charge in [0.25, 0.3) is 0 Å². The molecule has 0 saturated carbocycles. The summed E-state index contributed by atoms with van der Waals surface area (Å²) in [7, 11) is 0. The standard InChI is InChI=1S/C14H18N2/c1-9(2)14-8-16-7-12-6-11(10(3)15)4-5-13(12)14/h4-10H,15H2,1-3H3. The Morgan fingerprint density at radius 3 is 2.50 bits per heavy atom. The van der Waals surface area contributed by atoms with Crippen LogP contribution in [0.5, 0.6) is 0 Å². The predicted molar refractivity (Wildman–Crippen MR) is 68.4 cm³/mol. The molecule has 0 spiro atoms. The number of hydrogen-bond acceptors (Lipinski definition) is 2. The summed E-state index contributed by atoms with van der Waals surface area (Å²) in [5, 5.41) is 2.47. The van der Waals surface area contributed by atoms with Crippen LogP contribution in [0.1, 0.15) is 43.9 Å². The molecule has 2 rings (SSSR count). The third-order valence-corrected chi connectivity index (χ3v) is 2.96. The molecule has 1 atom stereocenters. The number of pyridine rings is 1. The summed E-state index contributed by atoms with van der Waals surface area (Å²) in [4.78, 5) is 4.29. The van der Waals surface area contributed by atoms with Gasteiger partial charge in [0, 0.05) is 23.8 Å². The lowest BCUT2D eigenvalue weighted by Gasteiger charge is -2.11. The lowest BCUT2D eigenvalue weighted by Crippen LogP contribution is -2.04. The van der Waals surface area contributed by atoms with Crippen LogP contribution >= 0.6 is 0 Å². The summed E-state index contributed by atoms with van der Waals surface area (Å²) >= 11 is 0. The summed E-state index contributed by atoms with van der Waals surface area (Å²) < 4.78 is 0. The van der Waals surface area contributed by atoms with Crippen LogP contribution in [0.2, 0.25) is 0 Å². The van der Waals surface area contributed by atoms with E-state index < -0.39 is 0 Å². The van der Waals surface area contributed by atoms with E-state index in [4.69, 9.17) is 5.73 Å². The van der Waals surface area contributed by atoms with E-state index in [-0.39, 0.29) is 6.04 Å². The molecule has 1 heterocycles. The van der Waals surface area contributed by atoms with E-state index in [1.807, 2.05) is 19.3 Å². The van der Waals surface area contributed by atoms with Crippen molar-refractivity contribution in [3.63, 3.8) is 0 Å². The van der Waals surface area contributed by atoms with E-state index in [1.54, 1.807) is 0 Å². The molecule has 2 heteroatoms.